The Hall–Kier alpha value is -3.93. The van der Waals surface area contributed by atoms with Gasteiger partial charge in [-0.25, -0.2) is 0 Å². The molecule has 0 unspecified atom stereocenters. The van der Waals surface area contributed by atoms with Gasteiger partial charge in [-0.05, 0) is 62.4 Å². The molecule has 0 heterocycles. The lowest BCUT2D eigenvalue weighted by atomic mass is 10.1. The van der Waals surface area contributed by atoms with Crippen LogP contribution < -0.4 is 16.0 Å². The van der Waals surface area contributed by atoms with Gasteiger partial charge in [-0.3, -0.25) is 14.4 Å². The lowest BCUT2D eigenvalue weighted by Gasteiger charge is -2.09. The SMILES string of the molecule is Cc1cc(C)cc(C(=O)Nc2ccc(C(=O)NCCNC(=O)c3ccccc3)cc2)c1. The molecule has 3 aromatic rings. The van der Waals surface area contributed by atoms with Gasteiger partial charge >= 0.3 is 0 Å². The summed E-state index contributed by atoms with van der Waals surface area (Å²) in [6.45, 7) is 4.53. The molecule has 3 rings (SSSR count). The van der Waals surface area contributed by atoms with E-state index in [1.165, 1.54) is 0 Å². The molecule has 6 nitrogen and oxygen atoms in total. The number of hydrogen-bond acceptors (Lipinski definition) is 3. The summed E-state index contributed by atoms with van der Waals surface area (Å²) in [5, 5.41) is 8.36. The van der Waals surface area contributed by atoms with E-state index in [-0.39, 0.29) is 17.7 Å². The molecule has 0 saturated heterocycles. The molecule has 3 aromatic carbocycles. The fourth-order valence-electron chi connectivity index (χ4n) is 3.16. The Morgan fingerprint density at radius 3 is 1.68 bits per heavy atom. The highest BCUT2D eigenvalue weighted by Gasteiger charge is 2.09. The first kappa shape index (κ1) is 21.8. The first-order valence-electron chi connectivity index (χ1n) is 10.0. The Bertz CT molecular complexity index is 1060. The summed E-state index contributed by atoms with van der Waals surface area (Å²) in [7, 11) is 0. The van der Waals surface area contributed by atoms with Gasteiger partial charge in [0.25, 0.3) is 17.7 Å². The minimum atomic E-state index is -0.249. The van der Waals surface area contributed by atoms with Crippen LogP contribution in [-0.2, 0) is 0 Å². The molecule has 0 saturated carbocycles. The van der Waals surface area contributed by atoms with Crippen LogP contribution >= 0.6 is 0 Å². The topological polar surface area (TPSA) is 87.3 Å². The Labute approximate surface area is 181 Å². The summed E-state index contributed by atoms with van der Waals surface area (Å²) in [5.74, 6) is -0.627. The van der Waals surface area contributed by atoms with Crippen LogP contribution in [0.5, 0.6) is 0 Å². The van der Waals surface area contributed by atoms with Crippen LogP contribution in [0.1, 0.15) is 42.2 Å². The van der Waals surface area contributed by atoms with E-state index in [2.05, 4.69) is 16.0 Å². The van der Waals surface area contributed by atoms with E-state index in [4.69, 9.17) is 0 Å². The number of benzene rings is 3. The van der Waals surface area contributed by atoms with Gasteiger partial charge in [0.05, 0.1) is 0 Å². The van der Waals surface area contributed by atoms with Crippen LogP contribution in [-0.4, -0.2) is 30.8 Å². The molecule has 0 aliphatic heterocycles. The zero-order valence-corrected chi connectivity index (χ0v) is 17.6. The highest BCUT2D eigenvalue weighted by Crippen LogP contribution is 2.14. The van der Waals surface area contributed by atoms with Gasteiger partial charge in [0.1, 0.15) is 0 Å². The third-order valence-corrected chi connectivity index (χ3v) is 4.62. The van der Waals surface area contributed by atoms with Gasteiger partial charge in [0, 0.05) is 35.5 Å². The lowest BCUT2D eigenvalue weighted by Crippen LogP contribution is -2.34. The molecule has 3 N–H and O–H groups in total. The smallest absolute Gasteiger partial charge is 0.255 e. The van der Waals surface area contributed by atoms with Crippen LogP contribution in [0.15, 0.2) is 72.8 Å². The molecule has 0 radical (unpaired) electrons. The van der Waals surface area contributed by atoms with E-state index in [1.807, 2.05) is 38.1 Å². The predicted molar refractivity (Wildman–Crippen MR) is 121 cm³/mol. The second kappa shape index (κ2) is 10.2. The molecule has 0 aromatic heterocycles. The van der Waals surface area contributed by atoms with Crippen molar-refractivity contribution in [2.24, 2.45) is 0 Å². The van der Waals surface area contributed by atoms with Gasteiger partial charge in [-0.1, -0.05) is 35.4 Å². The number of nitrogens with one attached hydrogen (secondary N) is 3. The molecule has 158 valence electrons. The molecule has 0 aliphatic rings. The van der Waals surface area contributed by atoms with Gasteiger partial charge in [-0.15, -0.1) is 0 Å². The maximum atomic E-state index is 12.4. The van der Waals surface area contributed by atoms with E-state index in [1.54, 1.807) is 48.5 Å². The third kappa shape index (κ3) is 6.27. The Morgan fingerprint density at radius 2 is 1.13 bits per heavy atom. The summed E-state index contributed by atoms with van der Waals surface area (Å²) < 4.78 is 0. The number of amides is 3. The van der Waals surface area contributed by atoms with Gasteiger partial charge in [0.15, 0.2) is 0 Å². The van der Waals surface area contributed by atoms with E-state index in [0.29, 0.717) is 35.5 Å². The molecule has 0 atom stereocenters. The molecule has 0 spiro atoms. The standard InChI is InChI=1S/C25H25N3O3/c1-17-14-18(2)16-21(15-17)25(31)28-22-10-8-20(9-11-22)24(30)27-13-12-26-23(29)19-6-4-3-5-7-19/h3-11,14-16H,12-13H2,1-2H3,(H,26,29)(H,27,30)(H,28,31). The normalized spacial score (nSPS) is 10.3. The predicted octanol–water partition coefficient (Wildman–Crippen LogP) is 3.72. The molecule has 31 heavy (non-hydrogen) atoms. The summed E-state index contributed by atoms with van der Waals surface area (Å²) in [5.41, 5.74) is 4.30. The highest BCUT2D eigenvalue weighted by molar-refractivity contribution is 6.04. The van der Waals surface area contributed by atoms with E-state index < -0.39 is 0 Å². The van der Waals surface area contributed by atoms with Crippen LogP contribution in [0, 0.1) is 13.8 Å². The molecule has 0 bridgehead atoms. The summed E-state index contributed by atoms with van der Waals surface area (Å²) >= 11 is 0. The molecule has 0 fully saturated rings. The average molecular weight is 415 g/mol. The fraction of sp³-hybridized carbons (Fsp3) is 0.160. The molecule has 3 amide bonds. The van der Waals surface area contributed by atoms with Crippen molar-refractivity contribution in [3.8, 4) is 0 Å². The maximum Gasteiger partial charge on any atom is 0.255 e. The zero-order chi connectivity index (χ0) is 22.2. The van der Waals surface area contributed by atoms with Crippen LogP contribution in [0.2, 0.25) is 0 Å². The largest absolute Gasteiger partial charge is 0.350 e. The van der Waals surface area contributed by atoms with Crippen molar-refractivity contribution in [2.45, 2.75) is 13.8 Å². The minimum absolute atomic E-state index is 0.182. The minimum Gasteiger partial charge on any atom is -0.350 e. The van der Waals surface area contributed by atoms with Gasteiger partial charge in [-0.2, -0.15) is 0 Å². The fourth-order valence-corrected chi connectivity index (χ4v) is 3.16. The Balaban J connectivity index is 1.47. The lowest BCUT2D eigenvalue weighted by molar-refractivity contribution is 0.0927. The van der Waals surface area contributed by atoms with Crippen molar-refractivity contribution in [1.29, 1.82) is 0 Å². The first-order chi connectivity index (χ1) is 14.9. The van der Waals surface area contributed by atoms with Gasteiger partial charge in [0.2, 0.25) is 0 Å². The Kier molecular flexibility index (Phi) is 7.17. The highest BCUT2D eigenvalue weighted by atomic mass is 16.2. The van der Waals surface area contributed by atoms with Crippen molar-refractivity contribution in [3.63, 3.8) is 0 Å². The maximum absolute atomic E-state index is 12.4. The van der Waals surface area contributed by atoms with Crippen LogP contribution in [0.3, 0.4) is 0 Å². The van der Waals surface area contributed by atoms with Gasteiger partial charge < -0.3 is 16.0 Å². The van der Waals surface area contributed by atoms with E-state index in [9.17, 15) is 14.4 Å². The number of anilines is 1. The number of aryl methyl sites for hydroxylation is 2. The molecular formula is C25H25N3O3. The van der Waals surface area contributed by atoms with Crippen molar-refractivity contribution in [1.82, 2.24) is 10.6 Å². The average Bonchev–Trinajstić information content (AvgIpc) is 2.77. The second-order valence-corrected chi connectivity index (χ2v) is 7.29. The van der Waals surface area contributed by atoms with E-state index in [0.717, 1.165) is 11.1 Å². The molecular weight excluding hydrogens is 390 g/mol. The summed E-state index contributed by atoms with van der Waals surface area (Å²) in [4.78, 5) is 36.7. The van der Waals surface area contributed by atoms with Crippen molar-refractivity contribution < 1.29 is 14.4 Å². The van der Waals surface area contributed by atoms with E-state index >= 15 is 0 Å². The van der Waals surface area contributed by atoms with Crippen LogP contribution in [0.4, 0.5) is 5.69 Å². The number of carbonyl (C=O) groups is 3. The molecule has 0 aliphatic carbocycles. The number of carbonyl (C=O) groups excluding carboxylic acids is 3. The number of rotatable bonds is 7. The third-order valence-electron chi connectivity index (χ3n) is 4.62. The zero-order valence-electron chi connectivity index (χ0n) is 17.6. The first-order valence-corrected chi connectivity index (χ1v) is 10.0. The Morgan fingerprint density at radius 1 is 0.613 bits per heavy atom. The quantitative estimate of drug-likeness (QED) is 0.514. The van der Waals surface area contributed by atoms with Crippen molar-refractivity contribution in [3.05, 3.63) is 101 Å². The second-order valence-electron chi connectivity index (χ2n) is 7.29. The van der Waals surface area contributed by atoms with Crippen LogP contribution in [0.25, 0.3) is 0 Å². The molecule has 6 heteroatoms. The summed E-state index contributed by atoms with van der Waals surface area (Å²) in [6, 6.07) is 21.2. The number of hydrogen-bond donors (Lipinski definition) is 3. The van der Waals surface area contributed by atoms with Crippen molar-refractivity contribution in [2.75, 3.05) is 18.4 Å². The summed E-state index contributed by atoms with van der Waals surface area (Å²) in [6.07, 6.45) is 0. The monoisotopic (exact) mass is 415 g/mol. The van der Waals surface area contributed by atoms with Crippen molar-refractivity contribution >= 4 is 23.4 Å².